The van der Waals surface area contributed by atoms with Gasteiger partial charge in [-0.15, -0.1) is 0 Å². The van der Waals surface area contributed by atoms with Crippen molar-refractivity contribution in [3.05, 3.63) is 51.5 Å². The standard InChI is InChI=1S/C14H12Cl2O/c1-8-7-12(14(16)9(2)13(8)15)10-3-5-11(17)6-4-10/h3-7,17H,1-2H3. The summed E-state index contributed by atoms with van der Waals surface area (Å²) in [5.41, 5.74) is 3.79. The molecule has 0 saturated heterocycles. The average Bonchev–Trinajstić information content (AvgIpc) is 2.32. The number of benzene rings is 2. The number of hydrogen-bond donors (Lipinski definition) is 1. The molecule has 0 heterocycles. The summed E-state index contributed by atoms with van der Waals surface area (Å²) in [5.74, 6) is 0.243. The fourth-order valence-corrected chi connectivity index (χ4v) is 2.24. The van der Waals surface area contributed by atoms with Crippen molar-refractivity contribution in [2.75, 3.05) is 0 Å². The largest absolute Gasteiger partial charge is 0.508 e. The molecule has 1 nitrogen and oxygen atoms in total. The summed E-state index contributed by atoms with van der Waals surface area (Å²) in [6.07, 6.45) is 0. The average molecular weight is 267 g/mol. The highest BCUT2D eigenvalue weighted by molar-refractivity contribution is 6.38. The Morgan fingerprint density at radius 1 is 0.941 bits per heavy atom. The quantitative estimate of drug-likeness (QED) is 0.772. The number of hydrogen-bond acceptors (Lipinski definition) is 1. The van der Waals surface area contributed by atoms with E-state index in [-0.39, 0.29) is 5.75 Å². The Labute approximate surface area is 111 Å². The van der Waals surface area contributed by atoms with Crippen LogP contribution in [0.5, 0.6) is 5.75 Å². The van der Waals surface area contributed by atoms with Crippen molar-refractivity contribution in [1.82, 2.24) is 0 Å². The Hall–Kier alpha value is -1.18. The van der Waals surface area contributed by atoms with Gasteiger partial charge in [-0.3, -0.25) is 0 Å². The van der Waals surface area contributed by atoms with Gasteiger partial charge in [0.15, 0.2) is 0 Å². The van der Waals surface area contributed by atoms with Crippen LogP contribution < -0.4 is 0 Å². The molecule has 1 N–H and O–H groups in total. The van der Waals surface area contributed by atoms with Crippen molar-refractivity contribution in [3.8, 4) is 16.9 Å². The predicted octanol–water partition coefficient (Wildman–Crippen LogP) is 4.98. The van der Waals surface area contributed by atoms with Crippen molar-refractivity contribution in [2.24, 2.45) is 0 Å². The zero-order valence-corrected chi connectivity index (χ0v) is 11.1. The van der Waals surface area contributed by atoms with Gasteiger partial charge in [-0.2, -0.15) is 0 Å². The Balaban J connectivity index is 2.64. The Morgan fingerprint density at radius 3 is 2.12 bits per heavy atom. The van der Waals surface area contributed by atoms with E-state index in [4.69, 9.17) is 23.2 Å². The lowest BCUT2D eigenvalue weighted by Crippen LogP contribution is -1.88. The van der Waals surface area contributed by atoms with Gasteiger partial charge < -0.3 is 5.11 Å². The maximum absolute atomic E-state index is 9.27. The summed E-state index contributed by atoms with van der Waals surface area (Å²) in [5, 5.41) is 10.6. The van der Waals surface area contributed by atoms with Crippen LogP contribution in [0.1, 0.15) is 11.1 Å². The molecule has 17 heavy (non-hydrogen) atoms. The lowest BCUT2D eigenvalue weighted by atomic mass is 10.0. The van der Waals surface area contributed by atoms with Crippen LogP contribution in [0.3, 0.4) is 0 Å². The first-order valence-electron chi connectivity index (χ1n) is 5.25. The smallest absolute Gasteiger partial charge is 0.115 e. The minimum atomic E-state index is 0.243. The van der Waals surface area contributed by atoms with Gasteiger partial charge >= 0.3 is 0 Å². The summed E-state index contributed by atoms with van der Waals surface area (Å²) >= 11 is 12.4. The maximum Gasteiger partial charge on any atom is 0.115 e. The second-order valence-electron chi connectivity index (χ2n) is 4.04. The molecular weight excluding hydrogens is 255 g/mol. The number of halogens is 2. The number of rotatable bonds is 1. The van der Waals surface area contributed by atoms with E-state index in [0.717, 1.165) is 22.3 Å². The molecule has 0 radical (unpaired) electrons. The molecule has 2 aromatic rings. The summed E-state index contributed by atoms with van der Waals surface area (Å²) in [4.78, 5) is 0. The molecule has 88 valence electrons. The second kappa shape index (κ2) is 4.59. The lowest BCUT2D eigenvalue weighted by Gasteiger charge is -2.11. The minimum Gasteiger partial charge on any atom is -0.508 e. The Bertz CT molecular complexity index is 559. The number of phenols is 1. The molecule has 0 bridgehead atoms. The van der Waals surface area contributed by atoms with Crippen molar-refractivity contribution >= 4 is 23.2 Å². The number of aryl methyl sites for hydroxylation is 1. The van der Waals surface area contributed by atoms with E-state index in [1.807, 2.05) is 32.0 Å². The van der Waals surface area contributed by atoms with Gasteiger partial charge in [0.1, 0.15) is 5.75 Å². The van der Waals surface area contributed by atoms with Crippen LogP contribution in [0, 0.1) is 13.8 Å². The third-order valence-electron chi connectivity index (χ3n) is 2.78. The van der Waals surface area contributed by atoms with Crippen molar-refractivity contribution in [3.63, 3.8) is 0 Å². The van der Waals surface area contributed by atoms with Gasteiger partial charge in [0.05, 0.1) is 5.02 Å². The molecule has 2 aromatic carbocycles. The van der Waals surface area contributed by atoms with Crippen LogP contribution in [-0.4, -0.2) is 5.11 Å². The SMILES string of the molecule is Cc1cc(-c2ccc(O)cc2)c(Cl)c(C)c1Cl. The molecular formula is C14H12Cl2O. The van der Waals surface area contributed by atoms with Gasteiger partial charge in [-0.1, -0.05) is 35.3 Å². The third-order valence-corrected chi connectivity index (χ3v) is 3.85. The van der Waals surface area contributed by atoms with Crippen molar-refractivity contribution in [2.45, 2.75) is 13.8 Å². The number of phenolic OH excluding ortho intramolecular Hbond substituents is 1. The molecule has 0 unspecified atom stereocenters. The van der Waals surface area contributed by atoms with E-state index in [9.17, 15) is 5.11 Å². The molecule has 0 saturated carbocycles. The zero-order chi connectivity index (χ0) is 12.6. The van der Waals surface area contributed by atoms with Crippen LogP contribution in [0.25, 0.3) is 11.1 Å². The van der Waals surface area contributed by atoms with Crippen molar-refractivity contribution in [1.29, 1.82) is 0 Å². The maximum atomic E-state index is 9.27. The highest BCUT2D eigenvalue weighted by atomic mass is 35.5. The van der Waals surface area contributed by atoms with Crippen LogP contribution in [0.2, 0.25) is 10.0 Å². The van der Waals surface area contributed by atoms with Gasteiger partial charge in [-0.05, 0) is 48.7 Å². The predicted molar refractivity (Wildman–Crippen MR) is 73.0 cm³/mol. The first kappa shape index (κ1) is 12.3. The Kier molecular flexibility index (Phi) is 3.32. The van der Waals surface area contributed by atoms with E-state index in [0.29, 0.717) is 10.0 Å². The first-order valence-corrected chi connectivity index (χ1v) is 6.01. The van der Waals surface area contributed by atoms with Crippen LogP contribution >= 0.6 is 23.2 Å². The molecule has 0 fully saturated rings. The molecule has 0 atom stereocenters. The lowest BCUT2D eigenvalue weighted by molar-refractivity contribution is 0.475. The highest BCUT2D eigenvalue weighted by Gasteiger charge is 2.11. The van der Waals surface area contributed by atoms with E-state index in [1.54, 1.807) is 12.1 Å². The van der Waals surface area contributed by atoms with Gasteiger partial charge in [0.2, 0.25) is 0 Å². The van der Waals surface area contributed by atoms with E-state index in [1.165, 1.54) is 0 Å². The van der Waals surface area contributed by atoms with Gasteiger partial charge in [-0.25, -0.2) is 0 Å². The highest BCUT2D eigenvalue weighted by Crippen LogP contribution is 2.36. The monoisotopic (exact) mass is 266 g/mol. The molecule has 0 amide bonds. The molecule has 0 spiro atoms. The zero-order valence-electron chi connectivity index (χ0n) is 9.59. The van der Waals surface area contributed by atoms with Crippen LogP contribution in [0.15, 0.2) is 30.3 Å². The summed E-state index contributed by atoms with van der Waals surface area (Å²) in [7, 11) is 0. The molecule has 0 aliphatic rings. The van der Waals surface area contributed by atoms with Crippen LogP contribution in [-0.2, 0) is 0 Å². The van der Waals surface area contributed by atoms with Gasteiger partial charge in [0, 0.05) is 10.6 Å². The summed E-state index contributed by atoms with van der Waals surface area (Å²) < 4.78 is 0. The topological polar surface area (TPSA) is 20.2 Å². The molecule has 0 aromatic heterocycles. The normalized spacial score (nSPS) is 10.6. The molecule has 2 rings (SSSR count). The van der Waals surface area contributed by atoms with Crippen molar-refractivity contribution < 1.29 is 5.11 Å². The third kappa shape index (κ3) is 2.26. The van der Waals surface area contributed by atoms with E-state index >= 15 is 0 Å². The first-order chi connectivity index (χ1) is 8.00. The van der Waals surface area contributed by atoms with E-state index < -0.39 is 0 Å². The number of aromatic hydroxyl groups is 1. The fourth-order valence-electron chi connectivity index (χ4n) is 1.79. The Morgan fingerprint density at radius 2 is 1.53 bits per heavy atom. The fraction of sp³-hybridized carbons (Fsp3) is 0.143. The molecule has 3 heteroatoms. The summed E-state index contributed by atoms with van der Waals surface area (Å²) in [6, 6.07) is 8.92. The minimum absolute atomic E-state index is 0.243. The second-order valence-corrected chi connectivity index (χ2v) is 4.80. The van der Waals surface area contributed by atoms with E-state index in [2.05, 4.69) is 0 Å². The molecule has 0 aliphatic carbocycles. The van der Waals surface area contributed by atoms with Gasteiger partial charge in [0.25, 0.3) is 0 Å². The van der Waals surface area contributed by atoms with Crippen LogP contribution in [0.4, 0.5) is 0 Å². The molecule has 0 aliphatic heterocycles. The summed E-state index contributed by atoms with van der Waals surface area (Å²) in [6.45, 7) is 3.86.